The van der Waals surface area contributed by atoms with Crippen molar-refractivity contribution < 1.29 is 19.1 Å². The second kappa shape index (κ2) is 5.14. The molecule has 0 bridgehead atoms. The van der Waals surface area contributed by atoms with Gasteiger partial charge in [-0.25, -0.2) is 4.79 Å². The van der Waals surface area contributed by atoms with Crippen molar-refractivity contribution in [2.24, 2.45) is 0 Å². The van der Waals surface area contributed by atoms with Gasteiger partial charge in [0.05, 0.1) is 0 Å². The first-order chi connectivity index (χ1) is 6.75. The molecule has 0 aliphatic rings. The van der Waals surface area contributed by atoms with Crippen LogP contribution in [-0.2, 0) is 19.1 Å². The summed E-state index contributed by atoms with van der Waals surface area (Å²) < 4.78 is 9.93. The SMILES string of the molecule is CCCC(C)(C)OC(=O)C(C)(C)OC=O. The molecule has 0 aliphatic carbocycles. The van der Waals surface area contributed by atoms with Gasteiger partial charge in [0.2, 0.25) is 5.60 Å². The van der Waals surface area contributed by atoms with Crippen LogP contribution >= 0.6 is 0 Å². The second-order valence-corrected chi connectivity index (χ2v) is 4.62. The highest BCUT2D eigenvalue weighted by Crippen LogP contribution is 2.21. The summed E-state index contributed by atoms with van der Waals surface area (Å²) in [5.41, 5.74) is -1.73. The van der Waals surface area contributed by atoms with Crippen molar-refractivity contribution in [3.8, 4) is 0 Å². The summed E-state index contributed by atoms with van der Waals surface area (Å²) in [5, 5.41) is 0. The van der Waals surface area contributed by atoms with E-state index in [0.29, 0.717) is 0 Å². The molecule has 0 aromatic rings. The van der Waals surface area contributed by atoms with Gasteiger partial charge >= 0.3 is 5.97 Å². The Labute approximate surface area is 90.9 Å². The van der Waals surface area contributed by atoms with Gasteiger partial charge in [-0.2, -0.15) is 0 Å². The van der Waals surface area contributed by atoms with Crippen molar-refractivity contribution in [2.45, 2.75) is 58.7 Å². The lowest BCUT2D eigenvalue weighted by Crippen LogP contribution is -2.41. The first-order valence-electron chi connectivity index (χ1n) is 5.10. The minimum absolute atomic E-state index is 0.258. The van der Waals surface area contributed by atoms with Crippen LogP contribution in [-0.4, -0.2) is 23.6 Å². The zero-order chi connectivity index (χ0) is 12.1. The third kappa shape index (κ3) is 4.81. The lowest BCUT2D eigenvalue weighted by atomic mass is 10.0. The van der Waals surface area contributed by atoms with Crippen molar-refractivity contribution in [3.05, 3.63) is 0 Å². The van der Waals surface area contributed by atoms with E-state index in [1.807, 2.05) is 20.8 Å². The van der Waals surface area contributed by atoms with E-state index >= 15 is 0 Å². The molecule has 4 heteroatoms. The highest BCUT2D eigenvalue weighted by molar-refractivity contribution is 5.80. The number of hydrogen-bond acceptors (Lipinski definition) is 4. The van der Waals surface area contributed by atoms with Crippen LogP contribution in [0.1, 0.15) is 47.5 Å². The Morgan fingerprint density at radius 2 is 1.80 bits per heavy atom. The Bertz CT molecular complexity index is 231. The quantitative estimate of drug-likeness (QED) is 0.503. The Morgan fingerprint density at radius 1 is 1.27 bits per heavy atom. The molecule has 0 unspecified atom stereocenters. The molecule has 0 heterocycles. The van der Waals surface area contributed by atoms with E-state index in [0.717, 1.165) is 12.8 Å². The molecule has 15 heavy (non-hydrogen) atoms. The van der Waals surface area contributed by atoms with Crippen LogP contribution in [0.4, 0.5) is 0 Å². The van der Waals surface area contributed by atoms with Gasteiger partial charge in [-0.1, -0.05) is 13.3 Å². The minimum atomic E-state index is -1.22. The van der Waals surface area contributed by atoms with E-state index in [9.17, 15) is 9.59 Å². The molecule has 0 N–H and O–H groups in total. The van der Waals surface area contributed by atoms with Crippen molar-refractivity contribution in [2.75, 3.05) is 0 Å². The van der Waals surface area contributed by atoms with Gasteiger partial charge in [-0.3, -0.25) is 4.79 Å². The van der Waals surface area contributed by atoms with Crippen LogP contribution in [0.5, 0.6) is 0 Å². The molecular weight excluding hydrogens is 196 g/mol. The molecule has 0 aromatic heterocycles. The van der Waals surface area contributed by atoms with Crippen LogP contribution in [0.15, 0.2) is 0 Å². The lowest BCUT2D eigenvalue weighted by Gasteiger charge is -2.29. The summed E-state index contributed by atoms with van der Waals surface area (Å²) >= 11 is 0. The van der Waals surface area contributed by atoms with Gasteiger partial charge in [0, 0.05) is 0 Å². The number of carbonyl (C=O) groups excluding carboxylic acids is 2. The Balaban J connectivity index is 4.41. The number of carbonyl (C=O) groups is 2. The highest BCUT2D eigenvalue weighted by atomic mass is 16.6. The van der Waals surface area contributed by atoms with Gasteiger partial charge in [0.1, 0.15) is 5.60 Å². The predicted molar refractivity (Wildman–Crippen MR) is 56.3 cm³/mol. The normalized spacial score (nSPS) is 12.1. The monoisotopic (exact) mass is 216 g/mol. The van der Waals surface area contributed by atoms with Gasteiger partial charge in [0.25, 0.3) is 6.47 Å². The summed E-state index contributed by atoms with van der Waals surface area (Å²) in [5.74, 6) is -0.520. The van der Waals surface area contributed by atoms with Gasteiger partial charge in [-0.15, -0.1) is 0 Å². The second-order valence-electron chi connectivity index (χ2n) is 4.62. The smallest absolute Gasteiger partial charge is 0.350 e. The average Bonchev–Trinajstić information content (AvgIpc) is 2.02. The fourth-order valence-corrected chi connectivity index (χ4v) is 1.20. The molecule has 0 rings (SSSR count). The fraction of sp³-hybridized carbons (Fsp3) is 0.818. The summed E-state index contributed by atoms with van der Waals surface area (Å²) in [6, 6.07) is 0. The molecule has 0 saturated carbocycles. The molecular formula is C11H20O4. The molecule has 0 spiro atoms. The lowest BCUT2D eigenvalue weighted by molar-refractivity contribution is -0.182. The standard InChI is InChI=1S/C11H20O4/c1-6-7-10(2,3)15-9(13)11(4,5)14-8-12/h8H,6-7H2,1-5H3. The van der Waals surface area contributed by atoms with E-state index in [1.165, 1.54) is 13.8 Å². The third-order valence-corrected chi connectivity index (χ3v) is 2.06. The molecule has 88 valence electrons. The van der Waals surface area contributed by atoms with Crippen molar-refractivity contribution >= 4 is 12.4 Å². The Hall–Kier alpha value is -1.06. The summed E-state index contributed by atoms with van der Waals surface area (Å²) in [6.07, 6.45) is 1.70. The van der Waals surface area contributed by atoms with E-state index in [1.54, 1.807) is 0 Å². The van der Waals surface area contributed by atoms with Crippen LogP contribution in [0.3, 0.4) is 0 Å². The highest BCUT2D eigenvalue weighted by Gasteiger charge is 2.35. The maximum absolute atomic E-state index is 11.6. The van der Waals surface area contributed by atoms with E-state index in [2.05, 4.69) is 4.74 Å². The third-order valence-electron chi connectivity index (χ3n) is 2.06. The minimum Gasteiger partial charge on any atom is -0.457 e. The zero-order valence-corrected chi connectivity index (χ0v) is 10.1. The number of hydrogen-bond donors (Lipinski definition) is 0. The summed E-state index contributed by atoms with van der Waals surface area (Å²) in [6.45, 7) is 8.96. The first kappa shape index (κ1) is 13.9. The van der Waals surface area contributed by atoms with Crippen molar-refractivity contribution in [3.63, 3.8) is 0 Å². The molecule has 0 aromatic carbocycles. The van der Waals surface area contributed by atoms with E-state index < -0.39 is 17.2 Å². The summed E-state index contributed by atoms with van der Waals surface area (Å²) in [4.78, 5) is 21.8. The molecule has 0 aliphatic heterocycles. The number of ether oxygens (including phenoxy) is 2. The molecule has 0 amide bonds. The number of esters is 1. The van der Waals surface area contributed by atoms with Crippen molar-refractivity contribution in [1.82, 2.24) is 0 Å². The molecule has 0 atom stereocenters. The van der Waals surface area contributed by atoms with E-state index in [-0.39, 0.29) is 6.47 Å². The average molecular weight is 216 g/mol. The van der Waals surface area contributed by atoms with Gasteiger partial charge < -0.3 is 9.47 Å². The van der Waals surface area contributed by atoms with Crippen LogP contribution in [0.2, 0.25) is 0 Å². The molecule has 0 fully saturated rings. The van der Waals surface area contributed by atoms with Crippen LogP contribution < -0.4 is 0 Å². The van der Waals surface area contributed by atoms with Gasteiger partial charge in [0.15, 0.2) is 0 Å². The first-order valence-corrected chi connectivity index (χ1v) is 5.10. The zero-order valence-electron chi connectivity index (χ0n) is 10.1. The summed E-state index contributed by atoms with van der Waals surface area (Å²) in [7, 11) is 0. The predicted octanol–water partition coefficient (Wildman–Crippen LogP) is 2.06. The van der Waals surface area contributed by atoms with Crippen LogP contribution in [0.25, 0.3) is 0 Å². The van der Waals surface area contributed by atoms with Crippen LogP contribution in [0, 0.1) is 0 Å². The topological polar surface area (TPSA) is 52.6 Å². The Morgan fingerprint density at radius 3 is 2.20 bits per heavy atom. The number of rotatable bonds is 6. The molecule has 0 radical (unpaired) electrons. The Kier molecular flexibility index (Phi) is 4.78. The van der Waals surface area contributed by atoms with Gasteiger partial charge in [-0.05, 0) is 34.1 Å². The molecule has 0 saturated heterocycles. The largest absolute Gasteiger partial charge is 0.457 e. The van der Waals surface area contributed by atoms with E-state index in [4.69, 9.17) is 4.74 Å². The maximum Gasteiger partial charge on any atom is 0.350 e. The fourth-order valence-electron chi connectivity index (χ4n) is 1.20. The molecule has 4 nitrogen and oxygen atoms in total. The maximum atomic E-state index is 11.6. The van der Waals surface area contributed by atoms with Crippen molar-refractivity contribution in [1.29, 1.82) is 0 Å².